The van der Waals surface area contributed by atoms with Gasteiger partial charge in [-0.25, -0.2) is 0 Å². The molecule has 116 valence electrons. The molecule has 1 amide bonds. The molecule has 0 saturated carbocycles. The van der Waals surface area contributed by atoms with Gasteiger partial charge in [0.15, 0.2) is 0 Å². The standard InChI is InChI=1S/C14H27N3O2S/c1-13(2,10-17(3)4)9-16-12(18)14(11(15)20)5-7-19-8-6-14/h5-10H2,1-4H3,(H2,15,20)(H,16,18). The number of amides is 1. The fourth-order valence-corrected chi connectivity index (χ4v) is 3.00. The van der Waals surface area contributed by atoms with Gasteiger partial charge in [-0.3, -0.25) is 4.79 Å². The number of nitrogens with zero attached hydrogens (tertiary/aromatic N) is 1. The zero-order chi connectivity index (χ0) is 15.4. The summed E-state index contributed by atoms with van der Waals surface area (Å²) in [6, 6.07) is 0. The van der Waals surface area contributed by atoms with Crippen molar-refractivity contribution in [1.82, 2.24) is 10.2 Å². The molecule has 0 atom stereocenters. The number of nitrogens with one attached hydrogen (secondary N) is 1. The maximum Gasteiger partial charge on any atom is 0.233 e. The second-order valence-corrected chi connectivity index (χ2v) is 7.08. The molecule has 0 aliphatic carbocycles. The van der Waals surface area contributed by atoms with Crippen molar-refractivity contribution in [3.8, 4) is 0 Å². The summed E-state index contributed by atoms with van der Waals surface area (Å²) in [6.07, 6.45) is 1.14. The minimum atomic E-state index is -0.734. The quantitative estimate of drug-likeness (QED) is 0.710. The molecule has 1 rings (SSSR count). The van der Waals surface area contributed by atoms with E-state index in [2.05, 4.69) is 24.1 Å². The third-order valence-corrected chi connectivity index (χ3v) is 4.12. The predicted octanol–water partition coefficient (Wildman–Crippen LogP) is 0.773. The number of carbonyl (C=O) groups is 1. The summed E-state index contributed by atoms with van der Waals surface area (Å²) in [5.74, 6) is -0.0554. The van der Waals surface area contributed by atoms with Gasteiger partial charge in [0.1, 0.15) is 5.41 Å². The molecule has 0 bridgehead atoms. The molecule has 0 aromatic rings. The number of hydrogen-bond acceptors (Lipinski definition) is 4. The van der Waals surface area contributed by atoms with Gasteiger partial charge in [-0.2, -0.15) is 0 Å². The molecule has 1 heterocycles. The molecule has 5 nitrogen and oxygen atoms in total. The summed E-state index contributed by atoms with van der Waals surface area (Å²) >= 11 is 5.13. The third kappa shape index (κ3) is 4.40. The summed E-state index contributed by atoms with van der Waals surface area (Å²) in [6.45, 7) is 6.83. The highest BCUT2D eigenvalue weighted by Crippen LogP contribution is 2.31. The van der Waals surface area contributed by atoms with E-state index in [0.717, 1.165) is 6.54 Å². The Hall–Kier alpha value is -0.720. The molecule has 1 fully saturated rings. The first-order chi connectivity index (χ1) is 9.19. The maximum atomic E-state index is 12.5. The number of carbonyl (C=O) groups excluding carboxylic acids is 1. The summed E-state index contributed by atoms with van der Waals surface area (Å²) < 4.78 is 5.32. The smallest absolute Gasteiger partial charge is 0.233 e. The molecule has 1 saturated heterocycles. The van der Waals surface area contributed by atoms with Gasteiger partial charge >= 0.3 is 0 Å². The van der Waals surface area contributed by atoms with Gasteiger partial charge in [-0.05, 0) is 32.4 Å². The average Bonchev–Trinajstić information content (AvgIpc) is 2.35. The van der Waals surface area contributed by atoms with E-state index in [1.165, 1.54) is 0 Å². The van der Waals surface area contributed by atoms with Gasteiger partial charge in [0.25, 0.3) is 0 Å². The van der Waals surface area contributed by atoms with E-state index >= 15 is 0 Å². The average molecular weight is 301 g/mol. The zero-order valence-corrected chi connectivity index (χ0v) is 13.8. The van der Waals surface area contributed by atoms with Gasteiger partial charge < -0.3 is 20.7 Å². The molecule has 0 unspecified atom stereocenters. The lowest BCUT2D eigenvalue weighted by Gasteiger charge is -2.36. The molecular formula is C14H27N3O2S. The Morgan fingerprint density at radius 2 is 1.95 bits per heavy atom. The zero-order valence-electron chi connectivity index (χ0n) is 13.0. The Kier molecular flexibility index (Phi) is 5.91. The van der Waals surface area contributed by atoms with Crippen LogP contribution in [0.1, 0.15) is 26.7 Å². The van der Waals surface area contributed by atoms with E-state index in [0.29, 0.717) is 32.6 Å². The second-order valence-electron chi connectivity index (χ2n) is 6.64. The van der Waals surface area contributed by atoms with E-state index < -0.39 is 5.41 Å². The van der Waals surface area contributed by atoms with E-state index in [1.807, 2.05) is 14.1 Å². The maximum absolute atomic E-state index is 12.5. The van der Waals surface area contributed by atoms with Crippen LogP contribution in [0.4, 0.5) is 0 Å². The van der Waals surface area contributed by atoms with E-state index in [-0.39, 0.29) is 16.3 Å². The van der Waals surface area contributed by atoms with E-state index in [4.69, 9.17) is 22.7 Å². The van der Waals surface area contributed by atoms with E-state index in [9.17, 15) is 4.79 Å². The van der Waals surface area contributed by atoms with Crippen LogP contribution in [0.3, 0.4) is 0 Å². The Bertz CT molecular complexity index is 363. The van der Waals surface area contributed by atoms with Crippen LogP contribution in [-0.4, -0.2) is 56.2 Å². The fourth-order valence-electron chi connectivity index (χ4n) is 2.71. The highest BCUT2D eigenvalue weighted by atomic mass is 32.1. The van der Waals surface area contributed by atoms with Gasteiger partial charge in [-0.1, -0.05) is 26.1 Å². The summed E-state index contributed by atoms with van der Waals surface area (Å²) in [5, 5.41) is 3.03. The summed E-state index contributed by atoms with van der Waals surface area (Å²) in [5.41, 5.74) is 5.10. The van der Waals surface area contributed by atoms with Crippen LogP contribution in [0.25, 0.3) is 0 Å². The van der Waals surface area contributed by atoms with Crippen molar-refractivity contribution in [3.05, 3.63) is 0 Å². The van der Waals surface area contributed by atoms with Crippen molar-refractivity contribution >= 4 is 23.1 Å². The highest BCUT2D eigenvalue weighted by Gasteiger charge is 2.43. The molecular weight excluding hydrogens is 274 g/mol. The lowest BCUT2D eigenvalue weighted by molar-refractivity contribution is -0.131. The van der Waals surface area contributed by atoms with Crippen molar-refractivity contribution in [2.45, 2.75) is 26.7 Å². The topological polar surface area (TPSA) is 67.6 Å². The summed E-state index contributed by atoms with van der Waals surface area (Å²) in [4.78, 5) is 14.9. The first kappa shape index (κ1) is 17.3. The first-order valence-electron chi connectivity index (χ1n) is 7.00. The predicted molar refractivity (Wildman–Crippen MR) is 84.6 cm³/mol. The Balaban J connectivity index is 2.66. The Morgan fingerprint density at radius 3 is 2.40 bits per heavy atom. The highest BCUT2D eigenvalue weighted by molar-refractivity contribution is 7.80. The van der Waals surface area contributed by atoms with Gasteiger partial charge in [0.2, 0.25) is 5.91 Å². The molecule has 0 spiro atoms. The molecule has 3 N–H and O–H groups in total. The Labute approximate surface area is 127 Å². The number of hydrogen-bond donors (Lipinski definition) is 2. The van der Waals surface area contributed by atoms with Crippen LogP contribution < -0.4 is 11.1 Å². The van der Waals surface area contributed by atoms with Gasteiger partial charge in [0, 0.05) is 26.3 Å². The summed E-state index contributed by atoms with van der Waals surface area (Å²) in [7, 11) is 4.05. The SMILES string of the molecule is CN(C)CC(C)(C)CNC(=O)C1(C(N)=S)CCOCC1. The lowest BCUT2D eigenvalue weighted by Crippen LogP contribution is -2.53. The van der Waals surface area contributed by atoms with Crippen molar-refractivity contribution in [2.24, 2.45) is 16.6 Å². The largest absolute Gasteiger partial charge is 0.392 e. The lowest BCUT2D eigenvalue weighted by atomic mass is 9.79. The molecule has 6 heteroatoms. The second kappa shape index (κ2) is 6.83. The first-order valence-corrected chi connectivity index (χ1v) is 7.41. The number of ether oxygens (including phenoxy) is 1. The number of rotatable bonds is 6. The van der Waals surface area contributed by atoms with Crippen molar-refractivity contribution in [2.75, 3.05) is 40.4 Å². The molecule has 0 radical (unpaired) electrons. The molecule has 1 aliphatic rings. The molecule has 20 heavy (non-hydrogen) atoms. The van der Waals surface area contributed by atoms with Crippen LogP contribution in [0.2, 0.25) is 0 Å². The van der Waals surface area contributed by atoms with Crippen LogP contribution in [0, 0.1) is 10.8 Å². The van der Waals surface area contributed by atoms with Crippen molar-refractivity contribution in [1.29, 1.82) is 0 Å². The van der Waals surface area contributed by atoms with Gasteiger partial charge in [-0.15, -0.1) is 0 Å². The van der Waals surface area contributed by atoms with Crippen molar-refractivity contribution in [3.63, 3.8) is 0 Å². The number of nitrogens with two attached hydrogens (primary N) is 1. The minimum Gasteiger partial charge on any atom is -0.392 e. The molecule has 0 aromatic heterocycles. The Morgan fingerprint density at radius 1 is 1.40 bits per heavy atom. The normalized spacial score (nSPS) is 18.9. The van der Waals surface area contributed by atoms with Gasteiger partial charge in [0.05, 0.1) is 4.99 Å². The third-order valence-electron chi connectivity index (χ3n) is 3.72. The van der Waals surface area contributed by atoms with Crippen LogP contribution in [-0.2, 0) is 9.53 Å². The number of thiocarbonyl (C=S) groups is 1. The fraction of sp³-hybridized carbons (Fsp3) is 0.857. The molecule has 0 aromatic carbocycles. The van der Waals surface area contributed by atoms with Crippen LogP contribution in [0.5, 0.6) is 0 Å². The molecule has 1 aliphatic heterocycles. The van der Waals surface area contributed by atoms with Crippen LogP contribution >= 0.6 is 12.2 Å². The van der Waals surface area contributed by atoms with E-state index in [1.54, 1.807) is 0 Å². The van der Waals surface area contributed by atoms with Crippen molar-refractivity contribution < 1.29 is 9.53 Å². The minimum absolute atomic E-state index is 0.00172. The van der Waals surface area contributed by atoms with Crippen LogP contribution in [0.15, 0.2) is 0 Å². The monoisotopic (exact) mass is 301 g/mol.